The number of primary amides is 1. The van der Waals surface area contributed by atoms with E-state index in [4.69, 9.17) is 11.5 Å². The number of hydrogen-bond donors (Lipinski definition) is 4. The average molecular weight is 214 g/mol. The Morgan fingerprint density at radius 3 is 2.67 bits per heavy atom. The molecule has 15 heavy (non-hydrogen) atoms. The van der Waals surface area contributed by atoms with Gasteiger partial charge in [-0.25, -0.2) is 4.79 Å². The lowest BCUT2D eigenvalue weighted by molar-refractivity contribution is 0.246. The predicted molar refractivity (Wildman–Crippen MR) is 60.4 cm³/mol. The molecule has 5 nitrogen and oxygen atoms in total. The lowest BCUT2D eigenvalue weighted by Gasteiger charge is -2.31. The third-order valence-electron chi connectivity index (χ3n) is 3.04. The minimum Gasteiger partial charge on any atom is -0.352 e. The first-order valence-electron chi connectivity index (χ1n) is 5.70. The first-order valence-corrected chi connectivity index (χ1v) is 5.70. The topological polar surface area (TPSA) is 93.2 Å². The van der Waals surface area contributed by atoms with Crippen LogP contribution in [-0.2, 0) is 0 Å². The number of amides is 2. The molecule has 1 aliphatic rings. The van der Waals surface area contributed by atoms with Crippen LogP contribution in [0.1, 0.15) is 25.7 Å². The molecule has 0 aromatic rings. The molecule has 0 bridgehead atoms. The zero-order valence-corrected chi connectivity index (χ0v) is 9.17. The molecular weight excluding hydrogens is 192 g/mol. The van der Waals surface area contributed by atoms with Crippen molar-refractivity contribution in [2.24, 2.45) is 17.4 Å². The number of urea groups is 1. The van der Waals surface area contributed by atoms with E-state index >= 15 is 0 Å². The Morgan fingerprint density at radius 2 is 2.00 bits per heavy atom. The van der Waals surface area contributed by atoms with E-state index in [-0.39, 0.29) is 0 Å². The second-order valence-electron chi connectivity index (χ2n) is 4.13. The van der Waals surface area contributed by atoms with E-state index in [0.29, 0.717) is 18.5 Å². The Morgan fingerprint density at radius 1 is 1.27 bits per heavy atom. The normalized spacial score (nSPS) is 26.2. The van der Waals surface area contributed by atoms with Crippen molar-refractivity contribution in [2.45, 2.75) is 31.7 Å². The van der Waals surface area contributed by atoms with Crippen LogP contribution >= 0.6 is 0 Å². The van der Waals surface area contributed by atoms with E-state index in [9.17, 15) is 4.79 Å². The van der Waals surface area contributed by atoms with Crippen molar-refractivity contribution in [1.82, 2.24) is 10.6 Å². The van der Waals surface area contributed by atoms with E-state index in [1.54, 1.807) is 0 Å². The highest BCUT2D eigenvalue weighted by molar-refractivity contribution is 5.71. The first kappa shape index (κ1) is 12.3. The average Bonchev–Trinajstić information content (AvgIpc) is 2.24. The SMILES string of the molecule is NCC1CCCCC1NCCNC(N)=O. The van der Waals surface area contributed by atoms with Gasteiger partial charge in [0.15, 0.2) is 0 Å². The van der Waals surface area contributed by atoms with Crippen LogP contribution < -0.4 is 22.1 Å². The van der Waals surface area contributed by atoms with Crippen molar-refractivity contribution in [1.29, 1.82) is 0 Å². The summed E-state index contributed by atoms with van der Waals surface area (Å²) in [6, 6.07) is 0.0502. The van der Waals surface area contributed by atoms with Crippen LogP contribution in [0, 0.1) is 5.92 Å². The highest BCUT2D eigenvalue weighted by Crippen LogP contribution is 2.23. The van der Waals surface area contributed by atoms with Gasteiger partial charge in [0.05, 0.1) is 0 Å². The van der Waals surface area contributed by atoms with Crippen molar-refractivity contribution in [2.75, 3.05) is 19.6 Å². The summed E-state index contributed by atoms with van der Waals surface area (Å²) < 4.78 is 0. The molecule has 0 heterocycles. The number of hydrogen-bond acceptors (Lipinski definition) is 3. The van der Waals surface area contributed by atoms with Gasteiger partial charge in [-0.15, -0.1) is 0 Å². The lowest BCUT2D eigenvalue weighted by atomic mass is 9.84. The van der Waals surface area contributed by atoms with Crippen molar-refractivity contribution in [3.05, 3.63) is 0 Å². The number of nitrogens with one attached hydrogen (secondary N) is 2. The second kappa shape index (κ2) is 6.63. The van der Waals surface area contributed by atoms with Gasteiger partial charge in [-0.1, -0.05) is 12.8 Å². The van der Waals surface area contributed by atoms with Crippen LogP contribution in [0.2, 0.25) is 0 Å². The summed E-state index contributed by atoms with van der Waals surface area (Å²) >= 11 is 0. The maximum atomic E-state index is 10.4. The Balaban J connectivity index is 2.15. The van der Waals surface area contributed by atoms with E-state index in [1.807, 2.05) is 0 Å². The van der Waals surface area contributed by atoms with Crippen molar-refractivity contribution >= 4 is 6.03 Å². The van der Waals surface area contributed by atoms with E-state index in [2.05, 4.69) is 10.6 Å². The van der Waals surface area contributed by atoms with E-state index < -0.39 is 6.03 Å². The van der Waals surface area contributed by atoms with Gasteiger partial charge in [0.1, 0.15) is 0 Å². The smallest absolute Gasteiger partial charge is 0.312 e. The molecule has 2 amide bonds. The molecule has 0 saturated heterocycles. The first-order chi connectivity index (χ1) is 7.24. The molecule has 2 atom stereocenters. The van der Waals surface area contributed by atoms with Gasteiger partial charge >= 0.3 is 6.03 Å². The summed E-state index contributed by atoms with van der Waals surface area (Å²) in [4.78, 5) is 10.4. The molecular formula is C10H22N4O. The molecule has 0 spiro atoms. The number of carbonyl (C=O) groups is 1. The van der Waals surface area contributed by atoms with Crippen LogP contribution in [0.5, 0.6) is 0 Å². The minimum absolute atomic E-state index is 0.462. The molecule has 0 aliphatic heterocycles. The van der Waals surface area contributed by atoms with Gasteiger partial charge in [0, 0.05) is 19.1 Å². The molecule has 2 unspecified atom stereocenters. The van der Waals surface area contributed by atoms with Gasteiger partial charge in [-0.3, -0.25) is 0 Å². The largest absolute Gasteiger partial charge is 0.352 e. The minimum atomic E-state index is -0.462. The Kier molecular flexibility index (Phi) is 5.42. The fraction of sp³-hybridized carbons (Fsp3) is 0.900. The molecule has 1 fully saturated rings. The second-order valence-corrected chi connectivity index (χ2v) is 4.13. The number of carbonyl (C=O) groups excluding carboxylic acids is 1. The van der Waals surface area contributed by atoms with Crippen LogP contribution in [0.15, 0.2) is 0 Å². The van der Waals surface area contributed by atoms with Gasteiger partial charge in [-0.05, 0) is 25.3 Å². The van der Waals surface area contributed by atoms with Crippen molar-refractivity contribution in [3.8, 4) is 0 Å². The number of nitrogens with two attached hydrogens (primary N) is 2. The molecule has 0 aromatic heterocycles. The predicted octanol–water partition coefficient (Wildman–Crippen LogP) is -0.238. The zero-order valence-electron chi connectivity index (χ0n) is 9.17. The molecule has 1 aliphatic carbocycles. The Labute approximate surface area is 91.0 Å². The van der Waals surface area contributed by atoms with Gasteiger partial charge < -0.3 is 22.1 Å². The molecule has 1 rings (SSSR count). The fourth-order valence-electron chi connectivity index (χ4n) is 2.20. The lowest BCUT2D eigenvalue weighted by Crippen LogP contribution is -2.45. The van der Waals surface area contributed by atoms with Gasteiger partial charge in [0.25, 0.3) is 0 Å². The zero-order chi connectivity index (χ0) is 11.1. The van der Waals surface area contributed by atoms with Crippen molar-refractivity contribution in [3.63, 3.8) is 0 Å². The fourth-order valence-corrected chi connectivity index (χ4v) is 2.20. The maximum absolute atomic E-state index is 10.4. The summed E-state index contributed by atoms with van der Waals surface area (Å²) in [6.45, 7) is 2.11. The summed E-state index contributed by atoms with van der Waals surface area (Å²) in [5.74, 6) is 0.590. The molecule has 88 valence electrons. The highest BCUT2D eigenvalue weighted by atomic mass is 16.2. The number of rotatable bonds is 5. The summed E-state index contributed by atoms with van der Waals surface area (Å²) in [5.41, 5.74) is 10.7. The van der Waals surface area contributed by atoms with Gasteiger partial charge in [-0.2, -0.15) is 0 Å². The van der Waals surface area contributed by atoms with Crippen LogP contribution in [0.4, 0.5) is 4.79 Å². The Hall–Kier alpha value is -0.810. The van der Waals surface area contributed by atoms with E-state index in [0.717, 1.165) is 13.1 Å². The Bertz CT molecular complexity index is 198. The standard InChI is InChI=1S/C10H22N4O/c11-7-8-3-1-2-4-9(8)13-5-6-14-10(12)15/h8-9,13H,1-7,11H2,(H3,12,14,15). The van der Waals surface area contributed by atoms with E-state index in [1.165, 1.54) is 25.7 Å². The van der Waals surface area contributed by atoms with Crippen LogP contribution in [-0.4, -0.2) is 31.7 Å². The quantitative estimate of drug-likeness (QED) is 0.476. The van der Waals surface area contributed by atoms with Crippen LogP contribution in [0.25, 0.3) is 0 Å². The summed E-state index contributed by atoms with van der Waals surface area (Å²) in [5, 5.41) is 5.99. The monoisotopic (exact) mass is 214 g/mol. The molecule has 0 radical (unpaired) electrons. The molecule has 1 saturated carbocycles. The summed E-state index contributed by atoms with van der Waals surface area (Å²) in [6.07, 6.45) is 4.98. The van der Waals surface area contributed by atoms with Gasteiger partial charge in [0.2, 0.25) is 0 Å². The maximum Gasteiger partial charge on any atom is 0.312 e. The highest BCUT2D eigenvalue weighted by Gasteiger charge is 2.22. The third-order valence-corrected chi connectivity index (χ3v) is 3.04. The molecule has 5 heteroatoms. The van der Waals surface area contributed by atoms with Crippen molar-refractivity contribution < 1.29 is 4.79 Å². The van der Waals surface area contributed by atoms with Crippen LogP contribution in [0.3, 0.4) is 0 Å². The molecule has 6 N–H and O–H groups in total. The molecule has 0 aromatic carbocycles. The third kappa shape index (κ3) is 4.48. The summed E-state index contributed by atoms with van der Waals surface area (Å²) in [7, 11) is 0.